The van der Waals surface area contributed by atoms with Gasteiger partial charge in [-0.05, 0) is 6.04 Å². The molecule has 0 aromatic heterocycles. The van der Waals surface area contributed by atoms with Gasteiger partial charge in [-0.2, -0.15) is 35.0 Å². The maximum atomic E-state index is 3.40. The maximum Gasteiger partial charge on any atom is 0.0283 e. The second-order valence-corrected chi connectivity index (χ2v) is 6.33. The van der Waals surface area contributed by atoms with E-state index < -0.39 is 0 Å². The van der Waals surface area contributed by atoms with Crippen LogP contribution in [-0.2, 0) is 31.9 Å². The van der Waals surface area contributed by atoms with Gasteiger partial charge in [-0.3, -0.25) is 0 Å². The maximum absolute atomic E-state index is 3.40. The van der Waals surface area contributed by atoms with E-state index in [1.165, 1.54) is 27.1 Å². The van der Waals surface area contributed by atoms with Crippen LogP contribution < -0.4 is 0 Å². The smallest absolute Gasteiger partial charge is 0.0283 e. The van der Waals surface area contributed by atoms with Crippen LogP contribution in [0.15, 0.2) is 115 Å². The van der Waals surface area contributed by atoms with E-state index in [0.29, 0.717) is 0 Å². The fourth-order valence-electron chi connectivity index (χ4n) is 2.74. The zero-order valence-corrected chi connectivity index (χ0v) is 22.2. The quantitative estimate of drug-likeness (QED) is 0.140. The van der Waals surface area contributed by atoms with Crippen LogP contribution in [0.3, 0.4) is 0 Å². The third-order valence-corrected chi connectivity index (χ3v) is 4.55. The molecule has 0 saturated heterocycles. The van der Waals surface area contributed by atoms with Gasteiger partial charge in [0.2, 0.25) is 0 Å². The predicted molar refractivity (Wildman–Crippen MR) is 129 cm³/mol. The van der Waals surface area contributed by atoms with Crippen LogP contribution in [0.1, 0.15) is 5.56 Å². The Morgan fingerprint density at radius 1 is 0.552 bits per heavy atom. The van der Waals surface area contributed by atoms with Crippen LogP contribution in [0.5, 0.6) is 0 Å². The Bertz CT molecular complexity index is 912. The van der Waals surface area contributed by atoms with Crippen molar-refractivity contribution >= 4 is 56.6 Å². The Morgan fingerprint density at radius 2 is 0.966 bits per heavy atom. The van der Waals surface area contributed by atoms with Crippen LogP contribution in [0.4, 0.5) is 0 Å². The van der Waals surface area contributed by atoms with Gasteiger partial charge in [-0.1, -0.05) is 48.0 Å². The summed E-state index contributed by atoms with van der Waals surface area (Å²) in [7, 11) is 3.40. The van der Waals surface area contributed by atoms with Gasteiger partial charge in [0.05, 0.1) is 0 Å². The summed E-state index contributed by atoms with van der Waals surface area (Å²) in [6.45, 7) is 0. The summed E-state index contributed by atoms with van der Waals surface area (Å²) in [5.74, 6) is 0. The first kappa shape index (κ1) is 27.5. The second-order valence-electron chi connectivity index (χ2n) is 5.97. The van der Waals surface area contributed by atoms with Crippen molar-refractivity contribution in [3.8, 4) is 0 Å². The summed E-state index contributed by atoms with van der Waals surface area (Å²) < 4.78 is 0. The molecule has 0 bridgehead atoms. The van der Waals surface area contributed by atoms with Gasteiger partial charge in [0.25, 0.3) is 0 Å². The van der Waals surface area contributed by atoms with Crippen molar-refractivity contribution in [2.45, 2.75) is 6.04 Å². The third-order valence-electron chi connectivity index (χ3n) is 4.14. The van der Waals surface area contributed by atoms with Crippen molar-refractivity contribution < 1.29 is 25.8 Å². The summed E-state index contributed by atoms with van der Waals surface area (Å²) in [5, 5.41) is 5.32. The van der Waals surface area contributed by atoms with E-state index in [0.717, 1.165) is 6.04 Å². The molecule has 0 aliphatic heterocycles. The van der Waals surface area contributed by atoms with Crippen LogP contribution in [-0.4, -0.2) is 10.2 Å². The average molecular weight is 601 g/mol. The van der Waals surface area contributed by atoms with Gasteiger partial charge < -0.3 is 0 Å². The van der Waals surface area contributed by atoms with E-state index in [1.54, 1.807) is 0 Å². The minimum Gasteiger partial charge on any atom is -0.168 e. The van der Waals surface area contributed by atoms with Crippen molar-refractivity contribution in [2.24, 2.45) is 0 Å². The van der Waals surface area contributed by atoms with Gasteiger partial charge in [0.15, 0.2) is 0 Å². The van der Waals surface area contributed by atoms with Crippen LogP contribution in [0.2, 0.25) is 0 Å². The zero-order valence-electron chi connectivity index (χ0n) is 16.0. The number of rotatable bonds is 1. The van der Waals surface area contributed by atoms with Crippen LogP contribution >= 0.6 is 24.8 Å². The van der Waals surface area contributed by atoms with Crippen molar-refractivity contribution in [3.05, 3.63) is 121 Å². The van der Waals surface area contributed by atoms with Gasteiger partial charge in [-0.15, -0.1) is 84.1 Å². The Hall–Kier alpha value is -1.45. The van der Waals surface area contributed by atoms with Crippen LogP contribution in [0.25, 0.3) is 21.5 Å². The normalized spacial score (nSPS) is 8.86. The average Bonchev–Trinajstić information content (AvgIpc) is 3.38. The molecule has 0 unspecified atom stereocenters. The van der Waals surface area contributed by atoms with Crippen LogP contribution in [0, 0.1) is 0 Å². The standard InChI is InChI=1S/2C9H7.C7H7Si.2ClH.Hf/c2*1-2-5-9-7-3-6-8(9)4-1;8-6-7-4-2-1-3-5-7;;;/h2*1-7H;1-5H,6H2;2*1H;/q2*-1;;;;. The SMILES string of the molecule is Cl.Cl.[Hf].[Si]Cc1ccccc1.c1ccc2[cH-]ccc2c1.c1ccc2[cH-]ccc2c1. The number of benzene rings is 3. The molecule has 0 fully saturated rings. The Morgan fingerprint density at radius 3 is 1.34 bits per heavy atom. The van der Waals surface area contributed by atoms with E-state index in [-0.39, 0.29) is 50.7 Å². The third kappa shape index (κ3) is 8.84. The van der Waals surface area contributed by atoms with Crippen molar-refractivity contribution in [3.63, 3.8) is 0 Å². The zero-order chi connectivity index (χ0) is 18.0. The van der Waals surface area contributed by atoms with E-state index in [9.17, 15) is 0 Å². The molecular weight excluding hydrogens is 578 g/mol. The monoisotopic (exact) mass is 601 g/mol. The summed E-state index contributed by atoms with van der Waals surface area (Å²) in [4.78, 5) is 0. The van der Waals surface area contributed by atoms with Gasteiger partial charge in [0.1, 0.15) is 0 Å². The molecule has 0 aliphatic carbocycles. The molecule has 0 amide bonds. The minimum atomic E-state index is 0. The molecule has 5 aromatic rings. The van der Waals surface area contributed by atoms with Crippen molar-refractivity contribution in [1.82, 2.24) is 0 Å². The summed E-state index contributed by atoms with van der Waals surface area (Å²) in [6, 6.07) is 40.6. The van der Waals surface area contributed by atoms with E-state index in [1.807, 2.05) is 18.2 Å². The number of hydrogen-bond acceptors (Lipinski definition) is 0. The molecule has 5 aromatic carbocycles. The molecule has 0 nitrogen and oxygen atoms in total. The molecule has 4 heteroatoms. The number of halogens is 2. The first-order chi connectivity index (χ1) is 12.9. The fraction of sp³-hybridized carbons (Fsp3) is 0.0400. The van der Waals surface area contributed by atoms with Gasteiger partial charge >= 0.3 is 0 Å². The Labute approximate surface area is 208 Å². The van der Waals surface area contributed by atoms with E-state index in [4.69, 9.17) is 0 Å². The molecule has 0 atom stereocenters. The molecule has 0 saturated carbocycles. The fourth-order valence-corrected chi connectivity index (χ4v) is 2.97. The topological polar surface area (TPSA) is 0 Å². The Kier molecular flexibility index (Phi) is 14.6. The minimum absolute atomic E-state index is 0. The first-order valence-electron chi connectivity index (χ1n) is 8.76. The Balaban J connectivity index is 0.000000387. The van der Waals surface area contributed by atoms with Crippen molar-refractivity contribution in [1.29, 1.82) is 0 Å². The second kappa shape index (κ2) is 15.4. The molecular formula is C25H23Cl2HfSi-2. The molecule has 29 heavy (non-hydrogen) atoms. The first-order valence-corrected chi connectivity index (χ1v) is 9.47. The van der Waals surface area contributed by atoms with Gasteiger partial charge in [-0.25, -0.2) is 0 Å². The summed E-state index contributed by atoms with van der Waals surface area (Å²) in [6.07, 6.45) is 0. The van der Waals surface area contributed by atoms with E-state index in [2.05, 4.69) is 107 Å². The molecule has 0 N–H and O–H groups in total. The largest absolute Gasteiger partial charge is 0.168 e. The molecule has 3 radical (unpaired) electrons. The molecule has 5 rings (SSSR count). The summed E-state index contributed by atoms with van der Waals surface area (Å²) >= 11 is 0. The van der Waals surface area contributed by atoms with Crippen molar-refractivity contribution in [2.75, 3.05) is 0 Å². The van der Waals surface area contributed by atoms with Gasteiger partial charge in [0, 0.05) is 36.1 Å². The molecule has 0 heterocycles. The number of hydrogen-bond donors (Lipinski definition) is 0. The predicted octanol–water partition coefficient (Wildman–Crippen LogP) is 7.31. The molecule has 147 valence electrons. The summed E-state index contributed by atoms with van der Waals surface area (Å²) in [5.41, 5.74) is 1.32. The number of fused-ring (bicyclic) bond motifs is 2. The molecule has 0 spiro atoms. The molecule has 0 aliphatic rings. The van der Waals surface area contributed by atoms with E-state index >= 15 is 0 Å².